The molecule has 0 radical (unpaired) electrons. The molecule has 0 aromatic carbocycles. The highest BCUT2D eigenvalue weighted by Gasteiger charge is 2.83. The lowest BCUT2D eigenvalue weighted by Gasteiger charge is -2.34. The largest absolute Gasteiger partial charge is 0.743 e. The zero-order valence-corrected chi connectivity index (χ0v) is 16.7. The van der Waals surface area contributed by atoms with Crippen molar-refractivity contribution in [2.24, 2.45) is 7.05 Å². The molecule has 1 rings (SSSR count). The molecule has 0 aliphatic rings. The average Bonchev–Trinajstić information content (AvgIpc) is 2.79. The van der Waals surface area contributed by atoms with Crippen LogP contribution < -0.4 is 4.57 Å². The van der Waals surface area contributed by atoms with Gasteiger partial charge in [-0.05, 0) is 0 Å². The summed E-state index contributed by atoms with van der Waals surface area (Å²) in [5.41, 5.74) is 0. The first-order chi connectivity index (χ1) is 12.0. The first-order valence-electron chi connectivity index (χ1n) is 7.14. The Kier molecular flexibility index (Phi) is 7.49. The van der Waals surface area contributed by atoms with Crippen LogP contribution in [0, 0.1) is 0 Å². The van der Waals surface area contributed by atoms with E-state index in [2.05, 4.69) is 54.5 Å². The van der Waals surface area contributed by atoms with Crippen LogP contribution in [0.25, 0.3) is 0 Å². The number of hydrogen-bond acceptors (Lipinski definition) is 3. The molecule has 5 nitrogen and oxygen atoms in total. The van der Waals surface area contributed by atoms with E-state index in [4.69, 9.17) is 0 Å². The van der Waals surface area contributed by atoms with Gasteiger partial charge in [0.1, 0.15) is 12.4 Å². The van der Waals surface area contributed by atoms with E-state index in [1.165, 1.54) is 6.17 Å². The van der Waals surface area contributed by atoms with E-state index in [0.717, 1.165) is 0 Å². The van der Waals surface area contributed by atoms with Crippen LogP contribution in [0.5, 0.6) is 0 Å². The second kappa shape index (κ2) is 7.85. The highest BCUT2D eigenvalue weighted by molar-refractivity contribution is 7.86. The monoisotopic (exact) mass is 468 g/mol. The van der Waals surface area contributed by atoms with Crippen molar-refractivity contribution in [3.8, 4) is 0 Å². The Morgan fingerprint density at radius 2 is 1.39 bits per heavy atom. The molecule has 0 atom stereocenters. The summed E-state index contributed by atoms with van der Waals surface area (Å²) < 4.78 is 140. The van der Waals surface area contributed by atoms with Crippen LogP contribution in [0.4, 0.5) is 39.5 Å². The van der Waals surface area contributed by atoms with E-state index in [1.54, 1.807) is 0 Å². The molecule has 16 heteroatoms. The summed E-state index contributed by atoms with van der Waals surface area (Å²) in [6.07, 6.45) is 0.412. The topological polar surface area (TPSA) is 66.0 Å². The fourth-order valence-corrected chi connectivity index (χ4v) is 3.39. The molecule has 0 N–H and O–H groups in total. The van der Waals surface area contributed by atoms with Crippen molar-refractivity contribution in [3.63, 3.8) is 0 Å². The molecule has 0 aliphatic carbocycles. The molecular weight excluding hydrogens is 451 g/mol. The van der Waals surface area contributed by atoms with Gasteiger partial charge in [-0.1, -0.05) is 19.6 Å². The van der Waals surface area contributed by atoms with Gasteiger partial charge in [-0.15, -0.1) is 0 Å². The van der Waals surface area contributed by atoms with Gasteiger partial charge in [-0.2, -0.15) is 39.5 Å². The predicted molar refractivity (Wildman–Crippen MR) is 79.5 cm³/mol. The Morgan fingerprint density at radius 1 is 0.964 bits per heavy atom. The molecule has 0 amide bonds. The molecule has 28 heavy (non-hydrogen) atoms. The minimum Gasteiger partial charge on any atom is -0.743 e. The van der Waals surface area contributed by atoms with Crippen LogP contribution in [0.15, 0.2) is 18.7 Å². The zero-order chi connectivity index (χ0) is 23.0. The van der Waals surface area contributed by atoms with Gasteiger partial charge in [0.15, 0.2) is 10.1 Å². The lowest BCUT2D eigenvalue weighted by molar-refractivity contribution is -0.671. The van der Waals surface area contributed by atoms with Gasteiger partial charge >= 0.3 is 23.3 Å². The van der Waals surface area contributed by atoms with Crippen molar-refractivity contribution >= 4 is 18.2 Å². The second-order valence-corrected chi connectivity index (χ2v) is 13.8. The predicted octanol–water partition coefficient (Wildman–Crippen LogP) is 3.15. The first kappa shape index (κ1) is 26.7. The normalized spacial score (nSPS) is 14.5. The summed E-state index contributed by atoms with van der Waals surface area (Å²) in [4.78, 5) is 0. The maximum absolute atomic E-state index is 12.2. The Morgan fingerprint density at radius 3 is 1.64 bits per heavy atom. The van der Waals surface area contributed by atoms with Crippen molar-refractivity contribution in [2.45, 2.75) is 49.1 Å². The minimum atomic E-state index is -7.43. The molecule has 0 spiro atoms. The maximum Gasteiger partial charge on any atom is 0.460 e. The van der Waals surface area contributed by atoms with Crippen molar-refractivity contribution in [1.82, 2.24) is 4.57 Å². The highest BCUT2D eigenvalue weighted by atomic mass is 32.2. The van der Waals surface area contributed by atoms with Gasteiger partial charge in [0.05, 0.1) is 21.3 Å². The molecular formula is C12H17F9N2O3SSi. The molecule has 0 saturated carbocycles. The van der Waals surface area contributed by atoms with Crippen molar-refractivity contribution in [1.29, 1.82) is 0 Å². The summed E-state index contributed by atoms with van der Waals surface area (Å²) in [7, 11) is -6.30. The summed E-state index contributed by atoms with van der Waals surface area (Å²) in [5, 5.41) is -7.11. The summed E-state index contributed by atoms with van der Waals surface area (Å²) in [5.74, 6) is -14.8. The first-order valence-corrected chi connectivity index (χ1v) is 12.3. The Balaban J connectivity index is 0.000000567. The van der Waals surface area contributed by atoms with Gasteiger partial charge in [0.25, 0.3) is 0 Å². The number of imidazole rings is 1. The summed E-state index contributed by atoms with van der Waals surface area (Å²) in [6, 6.07) is 0. The van der Waals surface area contributed by atoms with Gasteiger partial charge in [0.2, 0.25) is 6.33 Å². The zero-order valence-electron chi connectivity index (χ0n) is 14.9. The third kappa shape index (κ3) is 5.85. The Labute approximate surface area is 155 Å². The average molecular weight is 468 g/mol. The van der Waals surface area contributed by atoms with Crippen molar-refractivity contribution < 1.29 is 57.1 Å². The van der Waals surface area contributed by atoms with Gasteiger partial charge < -0.3 is 4.55 Å². The standard InChI is InChI=1S/C8H17N2Si.C4HF9O3S/c1-9-5-6-10(7-9)8-11(2,3)4;5-1(6,3(9,10)11)2(7,8)4(12,13)17(14,15)16/h5-7H,8H2,1-4H3;(H,14,15,16)/q+1;/p-1. The fourth-order valence-electron chi connectivity index (χ4n) is 1.66. The third-order valence-electron chi connectivity index (χ3n) is 2.91. The number of aromatic nitrogens is 2. The maximum atomic E-state index is 12.2. The van der Waals surface area contributed by atoms with Crippen LogP contribution in [-0.2, 0) is 23.3 Å². The summed E-state index contributed by atoms with van der Waals surface area (Å²) in [6.45, 7) is 7.15. The van der Waals surface area contributed by atoms with E-state index in [1.807, 2.05) is 0 Å². The molecule has 0 saturated heterocycles. The van der Waals surface area contributed by atoms with Crippen molar-refractivity contribution in [2.75, 3.05) is 0 Å². The van der Waals surface area contributed by atoms with E-state index < -0.39 is 41.5 Å². The smallest absolute Gasteiger partial charge is 0.460 e. The Hall–Kier alpha value is -1.29. The lowest BCUT2D eigenvalue weighted by Crippen LogP contribution is -2.63. The van der Waals surface area contributed by atoms with Crippen LogP contribution in [0.3, 0.4) is 0 Å². The van der Waals surface area contributed by atoms with Crippen LogP contribution in [0.1, 0.15) is 0 Å². The number of nitrogens with zero attached hydrogens (tertiary/aromatic N) is 2. The number of hydrogen-bond donors (Lipinski definition) is 0. The number of aryl methyl sites for hydroxylation is 1. The SMILES string of the molecule is C[n+]1ccn(C[Si](C)(C)C)c1.O=S(=O)([O-])C(F)(F)C(F)(F)C(F)(F)C(F)(F)F. The van der Waals surface area contributed by atoms with Crippen LogP contribution >= 0.6 is 0 Å². The molecule has 0 bridgehead atoms. The molecule has 1 aromatic heterocycles. The summed E-state index contributed by atoms with van der Waals surface area (Å²) >= 11 is 0. The lowest BCUT2D eigenvalue weighted by atomic mass is 10.1. The molecule has 0 aliphatic heterocycles. The van der Waals surface area contributed by atoms with Gasteiger partial charge in [0, 0.05) is 0 Å². The van der Waals surface area contributed by atoms with E-state index >= 15 is 0 Å². The van der Waals surface area contributed by atoms with Crippen LogP contribution in [0.2, 0.25) is 19.6 Å². The Bertz CT molecular complexity index is 770. The molecule has 1 heterocycles. The second-order valence-electron chi connectivity index (χ2n) is 6.93. The minimum absolute atomic E-state index is 0.935. The van der Waals surface area contributed by atoms with Crippen molar-refractivity contribution in [3.05, 3.63) is 18.7 Å². The van der Waals surface area contributed by atoms with Gasteiger partial charge in [-0.25, -0.2) is 17.6 Å². The highest BCUT2D eigenvalue weighted by Crippen LogP contribution is 2.54. The molecule has 1 aromatic rings. The third-order valence-corrected chi connectivity index (χ3v) is 5.11. The van der Waals surface area contributed by atoms with Gasteiger partial charge in [-0.3, -0.25) is 0 Å². The van der Waals surface area contributed by atoms with Crippen LogP contribution in [-0.4, -0.2) is 48.9 Å². The van der Waals surface area contributed by atoms with E-state index in [-0.39, 0.29) is 0 Å². The number of rotatable bonds is 5. The molecule has 0 unspecified atom stereocenters. The number of alkyl halides is 9. The van der Waals surface area contributed by atoms with E-state index in [9.17, 15) is 52.5 Å². The number of halogens is 9. The fraction of sp³-hybridized carbons (Fsp3) is 0.750. The molecule has 166 valence electrons. The van der Waals surface area contributed by atoms with E-state index in [0.29, 0.717) is 0 Å². The quantitative estimate of drug-likeness (QED) is 0.289. The molecule has 0 fully saturated rings.